The fourth-order valence-electron chi connectivity index (χ4n) is 5.49. The number of rotatable bonds is 4. The van der Waals surface area contributed by atoms with Gasteiger partial charge in [0.2, 0.25) is 15.9 Å². The predicted octanol–water partition coefficient (Wildman–Crippen LogP) is 2.99. The van der Waals surface area contributed by atoms with Crippen LogP contribution in [-0.4, -0.2) is 49.1 Å². The van der Waals surface area contributed by atoms with E-state index < -0.39 is 15.6 Å². The summed E-state index contributed by atoms with van der Waals surface area (Å²) in [5.74, 6) is 0.379. The molecule has 30 heavy (non-hydrogen) atoms. The first kappa shape index (κ1) is 21.8. The van der Waals surface area contributed by atoms with Crippen molar-refractivity contribution in [2.45, 2.75) is 81.2 Å². The third-order valence-electron chi connectivity index (χ3n) is 7.47. The average Bonchev–Trinajstić information content (AvgIpc) is 2.73. The van der Waals surface area contributed by atoms with E-state index in [1.807, 2.05) is 11.8 Å². The molecule has 2 aliphatic carbocycles. The molecule has 3 aliphatic rings. The lowest BCUT2D eigenvalue weighted by Crippen LogP contribution is -2.55. The van der Waals surface area contributed by atoms with Gasteiger partial charge in [-0.3, -0.25) is 4.79 Å². The van der Waals surface area contributed by atoms with Crippen LogP contribution >= 0.6 is 0 Å². The molecule has 0 bridgehead atoms. The van der Waals surface area contributed by atoms with E-state index in [1.165, 1.54) is 0 Å². The minimum absolute atomic E-state index is 0.0279. The van der Waals surface area contributed by atoms with Gasteiger partial charge in [0.1, 0.15) is 0 Å². The van der Waals surface area contributed by atoms with Crippen molar-refractivity contribution in [3.63, 3.8) is 0 Å². The molecule has 2 N–H and O–H groups in total. The Hall–Kier alpha value is -1.44. The van der Waals surface area contributed by atoms with Crippen LogP contribution in [0.2, 0.25) is 0 Å². The molecule has 2 saturated carbocycles. The molecule has 0 radical (unpaired) electrons. The summed E-state index contributed by atoms with van der Waals surface area (Å²) in [6.45, 7) is 3.25. The predicted molar refractivity (Wildman–Crippen MR) is 115 cm³/mol. The average molecular weight is 435 g/mol. The van der Waals surface area contributed by atoms with Crippen LogP contribution < -0.4 is 4.72 Å². The van der Waals surface area contributed by atoms with Crippen molar-refractivity contribution in [2.75, 3.05) is 13.1 Å². The largest absolute Gasteiger partial charge is 0.389 e. The van der Waals surface area contributed by atoms with Gasteiger partial charge in [-0.15, -0.1) is 0 Å². The van der Waals surface area contributed by atoms with Gasteiger partial charge in [0.15, 0.2) is 0 Å². The van der Waals surface area contributed by atoms with Gasteiger partial charge in [0, 0.05) is 31.0 Å². The first-order valence-electron chi connectivity index (χ1n) is 11.4. The van der Waals surface area contributed by atoms with E-state index in [0.29, 0.717) is 50.1 Å². The summed E-state index contributed by atoms with van der Waals surface area (Å²) in [5.41, 5.74) is 0.457. The highest BCUT2D eigenvalue weighted by atomic mass is 32.2. The molecule has 0 unspecified atom stereocenters. The monoisotopic (exact) mass is 434 g/mol. The molecule has 1 aromatic rings. The van der Waals surface area contributed by atoms with Crippen LogP contribution in [0.5, 0.6) is 0 Å². The van der Waals surface area contributed by atoms with Crippen molar-refractivity contribution < 1.29 is 18.3 Å². The van der Waals surface area contributed by atoms with E-state index in [9.17, 15) is 18.3 Å². The van der Waals surface area contributed by atoms with Crippen molar-refractivity contribution in [2.24, 2.45) is 11.8 Å². The van der Waals surface area contributed by atoms with Gasteiger partial charge in [-0.2, -0.15) is 0 Å². The fourth-order valence-corrected chi connectivity index (χ4v) is 6.80. The number of hydrogen-bond donors (Lipinski definition) is 2. The highest BCUT2D eigenvalue weighted by Gasteiger charge is 2.44. The highest BCUT2D eigenvalue weighted by molar-refractivity contribution is 7.89. The Morgan fingerprint density at radius 2 is 1.77 bits per heavy atom. The quantitative estimate of drug-likeness (QED) is 0.763. The SMILES string of the molecule is Cc1ccc(S(=O)(=O)NC2CCC(C(=O)N3CC[C@@]4(O)CCCC[C@@H]4C3)CC2)cc1. The van der Waals surface area contributed by atoms with E-state index in [2.05, 4.69) is 4.72 Å². The zero-order valence-electron chi connectivity index (χ0n) is 17.8. The second-order valence-electron chi connectivity index (χ2n) is 9.56. The topological polar surface area (TPSA) is 86.7 Å². The van der Waals surface area contributed by atoms with E-state index in [4.69, 9.17) is 0 Å². The molecule has 3 fully saturated rings. The molecule has 1 aliphatic heterocycles. The summed E-state index contributed by atoms with van der Waals surface area (Å²) in [4.78, 5) is 15.3. The Labute approximate surface area is 180 Å². The molecule has 7 heteroatoms. The number of aliphatic hydroxyl groups is 1. The Bertz CT molecular complexity index is 862. The molecule has 1 amide bonds. The molecular weight excluding hydrogens is 400 g/mol. The van der Waals surface area contributed by atoms with Gasteiger partial charge in [0.05, 0.1) is 10.5 Å². The molecule has 166 valence electrons. The van der Waals surface area contributed by atoms with Crippen molar-refractivity contribution in [1.29, 1.82) is 0 Å². The Morgan fingerprint density at radius 3 is 2.47 bits per heavy atom. The van der Waals surface area contributed by atoms with Gasteiger partial charge in [0.25, 0.3) is 0 Å². The number of nitrogens with zero attached hydrogens (tertiary/aromatic N) is 1. The Kier molecular flexibility index (Phi) is 6.24. The van der Waals surface area contributed by atoms with Crippen LogP contribution in [0.15, 0.2) is 29.2 Å². The maximum atomic E-state index is 13.1. The van der Waals surface area contributed by atoms with E-state index in [1.54, 1.807) is 24.3 Å². The smallest absolute Gasteiger partial charge is 0.240 e. The van der Waals surface area contributed by atoms with Crippen molar-refractivity contribution in [3.05, 3.63) is 29.8 Å². The van der Waals surface area contributed by atoms with Crippen LogP contribution in [0.25, 0.3) is 0 Å². The minimum atomic E-state index is -3.53. The zero-order valence-corrected chi connectivity index (χ0v) is 18.7. The summed E-state index contributed by atoms with van der Waals surface area (Å²) < 4.78 is 28.1. The molecule has 0 aromatic heterocycles. The first-order chi connectivity index (χ1) is 14.3. The molecule has 0 spiro atoms. The van der Waals surface area contributed by atoms with Gasteiger partial charge in [-0.25, -0.2) is 13.1 Å². The number of aryl methyl sites for hydroxylation is 1. The first-order valence-corrected chi connectivity index (χ1v) is 12.9. The lowest BCUT2D eigenvalue weighted by molar-refractivity contribution is -0.148. The van der Waals surface area contributed by atoms with Crippen LogP contribution in [0, 0.1) is 18.8 Å². The third-order valence-corrected chi connectivity index (χ3v) is 9.01. The second-order valence-corrected chi connectivity index (χ2v) is 11.3. The summed E-state index contributed by atoms with van der Waals surface area (Å²) in [7, 11) is -3.53. The number of benzene rings is 1. The summed E-state index contributed by atoms with van der Waals surface area (Å²) in [5, 5.41) is 10.8. The summed E-state index contributed by atoms with van der Waals surface area (Å²) in [6.07, 6.45) is 7.58. The van der Waals surface area contributed by atoms with Crippen LogP contribution in [0.4, 0.5) is 0 Å². The summed E-state index contributed by atoms with van der Waals surface area (Å²) >= 11 is 0. The van der Waals surface area contributed by atoms with Crippen molar-refractivity contribution in [1.82, 2.24) is 9.62 Å². The Balaban J connectivity index is 1.30. The molecular formula is C23H34N2O4S. The number of likely N-dealkylation sites (tertiary alicyclic amines) is 1. The van der Waals surface area contributed by atoms with E-state index in [0.717, 1.165) is 31.2 Å². The maximum absolute atomic E-state index is 13.1. The Morgan fingerprint density at radius 1 is 1.07 bits per heavy atom. The normalized spacial score (nSPS) is 32.5. The highest BCUT2D eigenvalue weighted by Crippen LogP contribution is 2.40. The lowest BCUT2D eigenvalue weighted by Gasteiger charge is -2.48. The van der Waals surface area contributed by atoms with Crippen molar-refractivity contribution >= 4 is 15.9 Å². The number of carbonyl (C=O) groups excluding carboxylic acids is 1. The molecule has 1 aromatic carbocycles. The number of carbonyl (C=O) groups is 1. The third kappa shape index (κ3) is 4.58. The number of sulfonamides is 1. The maximum Gasteiger partial charge on any atom is 0.240 e. The minimum Gasteiger partial charge on any atom is -0.389 e. The summed E-state index contributed by atoms with van der Waals surface area (Å²) in [6, 6.07) is 6.75. The zero-order chi connectivity index (χ0) is 21.4. The van der Waals surface area contributed by atoms with E-state index >= 15 is 0 Å². The van der Waals surface area contributed by atoms with Crippen LogP contribution in [-0.2, 0) is 14.8 Å². The number of fused-ring (bicyclic) bond motifs is 1. The lowest BCUT2D eigenvalue weighted by atomic mass is 9.71. The van der Waals surface area contributed by atoms with E-state index in [-0.39, 0.29) is 23.8 Å². The second kappa shape index (κ2) is 8.60. The molecule has 4 rings (SSSR count). The molecule has 1 heterocycles. The van der Waals surface area contributed by atoms with Gasteiger partial charge in [-0.05, 0) is 64.0 Å². The number of piperidine rings is 1. The molecule has 2 atom stereocenters. The standard InChI is InChI=1S/C23H34N2O4S/c1-17-5-11-21(12-6-17)30(28,29)24-20-9-7-18(8-10-20)22(26)25-15-14-23(27)13-3-2-4-19(23)16-25/h5-6,11-12,18-20,24,27H,2-4,7-10,13-16H2,1H3/t18?,19-,20?,23+/m1/s1. The van der Waals surface area contributed by atoms with Crippen LogP contribution in [0.3, 0.4) is 0 Å². The number of nitrogens with one attached hydrogen (secondary N) is 1. The number of hydrogen-bond acceptors (Lipinski definition) is 4. The molecule has 1 saturated heterocycles. The van der Waals surface area contributed by atoms with Crippen LogP contribution in [0.1, 0.15) is 63.4 Å². The number of amides is 1. The van der Waals surface area contributed by atoms with Gasteiger partial charge < -0.3 is 10.0 Å². The molecule has 6 nitrogen and oxygen atoms in total. The van der Waals surface area contributed by atoms with Crippen molar-refractivity contribution in [3.8, 4) is 0 Å². The van der Waals surface area contributed by atoms with Gasteiger partial charge >= 0.3 is 0 Å². The van der Waals surface area contributed by atoms with Gasteiger partial charge in [-0.1, -0.05) is 30.5 Å². The fraction of sp³-hybridized carbons (Fsp3) is 0.696.